The molecule has 0 spiro atoms. The van der Waals surface area contributed by atoms with E-state index in [4.69, 9.17) is 47.4 Å². The number of hydrogen-bond acceptors (Lipinski definition) is 17. The number of aromatic hydroxyl groups is 1. The molecule has 3 aliphatic rings. The van der Waals surface area contributed by atoms with Gasteiger partial charge in [0.15, 0.2) is 35.4 Å². The van der Waals surface area contributed by atoms with E-state index in [1.165, 1.54) is 45.8 Å². The number of methoxy groups -OCH3 is 3. The highest BCUT2D eigenvalue weighted by Crippen LogP contribution is 2.46. The number of aliphatic hydroxyl groups is 5. The van der Waals surface area contributed by atoms with Crippen molar-refractivity contribution in [3.8, 4) is 45.6 Å². The van der Waals surface area contributed by atoms with E-state index in [9.17, 15) is 35.4 Å². The summed E-state index contributed by atoms with van der Waals surface area (Å²) in [6.45, 7) is -1.64. The Kier molecular flexibility index (Phi) is 8.61. The molecular formula is C29H32O17. The highest BCUT2D eigenvalue weighted by molar-refractivity contribution is 5.92. The number of phenolic OH excluding ortho intramolecular Hbond substituents is 1. The Bertz CT molecular complexity index is 1660. The second-order valence-electron chi connectivity index (χ2n) is 10.8. The third-order valence-electron chi connectivity index (χ3n) is 8.09. The Hall–Kier alpha value is -3.91. The van der Waals surface area contributed by atoms with Gasteiger partial charge in [0.05, 0.1) is 46.7 Å². The van der Waals surface area contributed by atoms with Gasteiger partial charge in [0.25, 0.3) is 0 Å². The zero-order chi connectivity index (χ0) is 32.9. The molecule has 3 aromatic rings. The minimum absolute atomic E-state index is 0.00295. The van der Waals surface area contributed by atoms with E-state index in [2.05, 4.69) is 0 Å². The molecule has 0 amide bonds. The van der Waals surface area contributed by atoms with Crippen LogP contribution in [0.25, 0.3) is 22.1 Å². The molecule has 2 fully saturated rings. The van der Waals surface area contributed by atoms with E-state index in [0.29, 0.717) is 11.5 Å². The van der Waals surface area contributed by atoms with Crippen LogP contribution < -0.4 is 29.3 Å². The van der Waals surface area contributed by atoms with Gasteiger partial charge < -0.3 is 73.1 Å². The van der Waals surface area contributed by atoms with Crippen molar-refractivity contribution in [3.05, 3.63) is 34.7 Å². The molecule has 250 valence electrons. The van der Waals surface area contributed by atoms with E-state index in [1.807, 2.05) is 0 Å². The molecule has 0 radical (unpaired) electrons. The van der Waals surface area contributed by atoms with Crippen molar-refractivity contribution in [1.82, 2.24) is 0 Å². The molecule has 2 saturated heterocycles. The quantitative estimate of drug-likeness (QED) is 0.163. The van der Waals surface area contributed by atoms with Crippen LogP contribution in [0.5, 0.6) is 34.5 Å². The van der Waals surface area contributed by atoms with Crippen LogP contribution in [0.3, 0.4) is 0 Å². The molecular weight excluding hydrogens is 620 g/mol. The molecule has 6 rings (SSSR count). The second kappa shape index (κ2) is 12.4. The average molecular weight is 653 g/mol. The first-order valence-corrected chi connectivity index (χ1v) is 13.9. The lowest BCUT2D eigenvalue weighted by molar-refractivity contribution is -0.353. The molecule has 6 N–H and O–H groups in total. The Morgan fingerprint density at radius 3 is 2.37 bits per heavy atom. The molecule has 0 bridgehead atoms. The fraction of sp³-hybridized carbons (Fsp3) is 0.483. The van der Waals surface area contributed by atoms with Crippen LogP contribution >= 0.6 is 0 Å². The Labute approximate surface area is 259 Å². The predicted octanol–water partition coefficient (Wildman–Crippen LogP) is -0.833. The fourth-order valence-corrected chi connectivity index (χ4v) is 5.41. The van der Waals surface area contributed by atoms with Gasteiger partial charge in [-0.2, -0.15) is 4.89 Å². The third kappa shape index (κ3) is 5.24. The van der Waals surface area contributed by atoms with Crippen molar-refractivity contribution in [1.29, 1.82) is 0 Å². The van der Waals surface area contributed by atoms with E-state index in [-0.39, 0.29) is 33.6 Å². The summed E-state index contributed by atoms with van der Waals surface area (Å²) >= 11 is 0. The molecule has 1 aromatic heterocycles. The van der Waals surface area contributed by atoms with Gasteiger partial charge in [0, 0.05) is 17.7 Å². The van der Waals surface area contributed by atoms with Crippen molar-refractivity contribution in [3.63, 3.8) is 0 Å². The van der Waals surface area contributed by atoms with Crippen molar-refractivity contribution < 1.29 is 78.0 Å². The summed E-state index contributed by atoms with van der Waals surface area (Å²) in [6, 6.07) is 4.29. The van der Waals surface area contributed by atoms with Crippen LogP contribution in [0.1, 0.15) is 0 Å². The summed E-state index contributed by atoms with van der Waals surface area (Å²) in [4.78, 5) is 24.4. The molecule has 0 aliphatic carbocycles. The zero-order valence-electron chi connectivity index (χ0n) is 24.6. The topological polar surface area (TPSA) is 235 Å². The van der Waals surface area contributed by atoms with E-state index in [1.54, 1.807) is 0 Å². The number of phenols is 1. The number of aliphatic hydroxyl groups excluding tert-OH is 4. The molecule has 3 aliphatic heterocycles. The molecule has 17 heteroatoms. The summed E-state index contributed by atoms with van der Waals surface area (Å²) in [5.41, 5.74) is -2.44. The van der Waals surface area contributed by atoms with Gasteiger partial charge in [-0.25, -0.2) is 0 Å². The highest BCUT2D eigenvalue weighted by Gasteiger charge is 2.52. The first kappa shape index (κ1) is 32.0. The van der Waals surface area contributed by atoms with Crippen LogP contribution in [0.2, 0.25) is 0 Å². The lowest BCUT2D eigenvalue weighted by atomic mass is 9.99. The summed E-state index contributed by atoms with van der Waals surface area (Å²) in [6.07, 6.45) is -9.28. The summed E-state index contributed by atoms with van der Waals surface area (Å²) in [5.74, 6) is -0.420. The van der Waals surface area contributed by atoms with Gasteiger partial charge in [-0.3, -0.25) is 4.79 Å². The summed E-state index contributed by atoms with van der Waals surface area (Å²) in [7, 11) is 4.27. The van der Waals surface area contributed by atoms with Crippen LogP contribution in [-0.4, -0.2) is 120 Å². The van der Waals surface area contributed by atoms with Crippen LogP contribution in [0, 0.1) is 0 Å². The number of fused-ring (bicyclic) bond motifs is 3. The highest BCUT2D eigenvalue weighted by atomic mass is 17.2. The summed E-state index contributed by atoms with van der Waals surface area (Å²) in [5, 5.41) is 62.2. The van der Waals surface area contributed by atoms with Gasteiger partial charge >= 0.3 is 0 Å². The lowest BCUT2D eigenvalue weighted by Crippen LogP contribution is -2.61. The zero-order valence-corrected chi connectivity index (χ0v) is 24.6. The maximum Gasteiger partial charge on any atom is 0.249 e. The van der Waals surface area contributed by atoms with E-state index >= 15 is 0 Å². The Morgan fingerprint density at radius 2 is 1.70 bits per heavy atom. The first-order chi connectivity index (χ1) is 22.0. The molecule has 6 unspecified atom stereocenters. The fourth-order valence-electron chi connectivity index (χ4n) is 5.41. The maximum absolute atomic E-state index is 13.7. The normalized spacial score (nSPS) is 30.5. The average Bonchev–Trinajstić information content (AvgIpc) is 3.22. The molecule has 2 aromatic carbocycles. The van der Waals surface area contributed by atoms with Gasteiger partial charge in [0.2, 0.25) is 17.5 Å². The molecule has 17 nitrogen and oxygen atoms in total. The third-order valence-corrected chi connectivity index (χ3v) is 8.09. The minimum Gasteiger partial charge on any atom is -0.503 e. The van der Waals surface area contributed by atoms with Crippen molar-refractivity contribution >= 4 is 11.0 Å². The molecule has 0 saturated carbocycles. The summed E-state index contributed by atoms with van der Waals surface area (Å²) < 4.78 is 44.1. The smallest absolute Gasteiger partial charge is 0.249 e. The first-order valence-electron chi connectivity index (χ1n) is 13.9. The van der Waals surface area contributed by atoms with Crippen molar-refractivity contribution in [2.45, 2.75) is 48.7 Å². The van der Waals surface area contributed by atoms with Gasteiger partial charge in [-0.15, -0.1) is 0 Å². The van der Waals surface area contributed by atoms with Crippen LogP contribution in [-0.2, 0) is 19.1 Å². The van der Waals surface area contributed by atoms with E-state index in [0.717, 1.165) is 0 Å². The molecule has 4 heterocycles. The molecule has 8 atom stereocenters. The number of ether oxygens (including phenoxy) is 7. The standard InChI is InChI=1S/C29H32O17/c1-37-13-5-15(39-3)14(38-2)4-11(13)12-7-40-16-6-17-24(22(33)19(16)20(12)31)45-46-25-23(34)21(32)18(44-27(25)43-17)8-41-28-26(35)29(36,9-30)10-42-28/h4-7,18,21,23,25-28,30,32-36H,8-10H2,1-3H3/t18?,21-,23?,25?,26?,27-,28?,29?/m1/s1. The monoisotopic (exact) mass is 652 g/mol. The lowest BCUT2D eigenvalue weighted by Gasteiger charge is -2.40. The Morgan fingerprint density at radius 1 is 0.978 bits per heavy atom. The van der Waals surface area contributed by atoms with Crippen LogP contribution in [0.4, 0.5) is 0 Å². The van der Waals surface area contributed by atoms with E-state index < -0.39 is 85.4 Å². The van der Waals surface area contributed by atoms with Gasteiger partial charge in [-0.1, -0.05) is 0 Å². The SMILES string of the molecule is COc1cc(OC)c(-c2coc3cc4c(c(O)c3c2=O)OOC2C(O)[C@H](O)C(COC3OCC(O)(CO)C3O)O[C@H]2O4)cc1OC. The van der Waals surface area contributed by atoms with Gasteiger partial charge in [0.1, 0.15) is 53.0 Å². The number of hydrogen-bond donors (Lipinski definition) is 6. The largest absolute Gasteiger partial charge is 0.503 e. The predicted molar refractivity (Wildman–Crippen MR) is 150 cm³/mol. The van der Waals surface area contributed by atoms with Gasteiger partial charge in [-0.05, 0) is 6.07 Å². The van der Waals surface area contributed by atoms with Crippen LogP contribution in [0.15, 0.2) is 33.7 Å². The molecule has 46 heavy (non-hydrogen) atoms. The second-order valence-corrected chi connectivity index (χ2v) is 10.8. The number of rotatable bonds is 8. The number of benzene rings is 2. The van der Waals surface area contributed by atoms with Crippen molar-refractivity contribution in [2.75, 3.05) is 41.2 Å². The van der Waals surface area contributed by atoms with Crippen molar-refractivity contribution in [2.24, 2.45) is 0 Å². The maximum atomic E-state index is 13.7. The Balaban J connectivity index is 1.29. The minimum atomic E-state index is -1.94.